The molecule has 1 nitrogen and oxygen atoms in total. The van der Waals surface area contributed by atoms with Crippen molar-refractivity contribution in [3.63, 3.8) is 0 Å². The van der Waals surface area contributed by atoms with E-state index in [9.17, 15) is 0 Å². The van der Waals surface area contributed by atoms with E-state index in [1.807, 2.05) is 36.7 Å². The number of allylic oxidation sites excluding steroid dienone is 4. The van der Waals surface area contributed by atoms with Gasteiger partial charge < -0.3 is 5.32 Å². The van der Waals surface area contributed by atoms with Crippen molar-refractivity contribution in [1.29, 1.82) is 0 Å². The number of fused-ring (bicyclic) bond motifs is 2. The molecule has 0 aliphatic carbocycles. The van der Waals surface area contributed by atoms with E-state index in [0.29, 0.717) is 0 Å². The summed E-state index contributed by atoms with van der Waals surface area (Å²) in [5, 5.41) is 8.17. The molecule has 0 saturated heterocycles. The Morgan fingerprint density at radius 1 is 0.500 bits per heavy atom. The van der Waals surface area contributed by atoms with Gasteiger partial charge >= 0.3 is 0 Å². The standard InChI is InChI=1S/C14H10.C6H7N.B/c1-2-6-12-10-14-8-4-3-7-13(14)9-11(12)5-1;1-2-4-6-7-5-3-1;/h1-10H;1-7H;. The summed E-state index contributed by atoms with van der Waals surface area (Å²) in [6.07, 6.45) is 11.6. The third-order valence-corrected chi connectivity index (χ3v) is 3.33. The molecular weight excluding hydrogens is 265 g/mol. The molecule has 0 fully saturated rings. The predicted octanol–water partition coefficient (Wildman–Crippen LogP) is 4.79. The summed E-state index contributed by atoms with van der Waals surface area (Å²) in [7, 11) is 0. The Hall–Kier alpha value is -2.74. The van der Waals surface area contributed by atoms with Gasteiger partial charge in [-0.15, -0.1) is 0 Å². The van der Waals surface area contributed by atoms with Crippen molar-refractivity contribution < 1.29 is 0 Å². The van der Waals surface area contributed by atoms with E-state index in [2.05, 4.69) is 66.0 Å². The van der Waals surface area contributed by atoms with Crippen LogP contribution < -0.4 is 5.32 Å². The number of rotatable bonds is 0. The van der Waals surface area contributed by atoms with Crippen LogP contribution in [0.3, 0.4) is 0 Å². The van der Waals surface area contributed by atoms with Crippen LogP contribution in [0.15, 0.2) is 97.4 Å². The van der Waals surface area contributed by atoms with Gasteiger partial charge in [-0.05, 0) is 45.8 Å². The molecule has 105 valence electrons. The van der Waals surface area contributed by atoms with E-state index >= 15 is 0 Å². The fourth-order valence-electron chi connectivity index (χ4n) is 2.29. The molecule has 0 saturated carbocycles. The van der Waals surface area contributed by atoms with Crippen LogP contribution in [0.2, 0.25) is 0 Å². The van der Waals surface area contributed by atoms with Gasteiger partial charge in [-0.25, -0.2) is 0 Å². The van der Waals surface area contributed by atoms with Crippen LogP contribution >= 0.6 is 0 Å². The Balaban J connectivity index is 0.000000189. The van der Waals surface area contributed by atoms with E-state index in [1.54, 1.807) is 0 Å². The van der Waals surface area contributed by atoms with Crippen molar-refractivity contribution in [3.05, 3.63) is 97.4 Å². The third kappa shape index (κ3) is 3.89. The molecule has 0 atom stereocenters. The lowest BCUT2D eigenvalue weighted by Crippen LogP contribution is -1.87. The highest BCUT2D eigenvalue weighted by Crippen LogP contribution is 2.21. The first-order valence-corrected chi connectivity index (χ1v) is 7.05. The van der Waals surface area contributed by atoms with Crippen molar-refractivity contribution >= 4 is 30.0 Å². The lowest BCUT2D eigenvalue weighted by molar-refractivity contribution is 1.20. The summed E-state index contributed by atoms with van der Waals surface area (Å²) in [6.45, 7) is 0. The minimum absolute atomic E-state index is 0. The molecule has 0 unspecified atom stereocenters. The van der Waals surface area contributed by atoms with Crippen LogP contribution in [0.25, 0.3) is 21.5 Å². The zero-order chi connectivity index (χ0) is 14.3. The van der Waals surface area contributed by atoms with E-state index in [0.717, 1.165) is 0 Å². The normalized spacial score (nSPS) is 12.0. The maximum absolute atomic E-state index is 2.92. The summed E-state index contributed by atoms with van der Waals surface area (Å²) >= 11 is 0. The highest BCUT2D eigenvalue weighted by atomic mass is 14.8. The van der Waals surface area contributed by atoms with Crippen LogP contribution in [0.5, 0.6) is 0 Å². The highest BCUT2D eigenvalue weighted by Gasteiger charge is 1.95. The first-order chi connectivity index (χ1) is 10.4. The molecule has 22 heavy (non-hydrogen) atoms. The van der Waals surface area contributed by atoms with Gasteiger partial charge in [0.2, 0.25) is 0 Å². The van der Waals surface area contributed by atoms with Gasteiger partial charge in [-0.2, -0.15) is 0 Å². The van der Waals surface area contributed by atoms with Crippen LogP contribution in [0.1, 0.15) is 0 Å². The molecule has 1 aliphatic rings. The molecule has 3 radical (unpaired) electrons. The summed E-state index contributed by atoms with van der Waals surface area (Å²) in [5.74, 6) is 0. The number of benzene rings is 3. The van der Waals surface area contributed by atoms with Crippen molar-refractivity contribution in [2.75, 3.05) is 0 Å². The average Bonchev–Trinajstić information content (AvgIpc) is 2.86. The minimum atomic E-state index is 0. The second-order valence-corrected chi connectivity index (χ2v) is 4.82. The second-order valence-electron chi connectivity index (χ2n) is 4.82. The van der Waals surface area contributed by atoms with Gasteiger partial charge in [0, 0.05) is 20.8 Å². The molecule has 1 aliphatic heterocycles. The number of hydrogen-bond acceptors (Lipinski definition) is 1. The fraction of sp³-hybridized carbons (Fsp3) is 0. The topological polar surface area (TPSA) is 12.0 Å². The summed E-state index contributed by atoms with van der Waals surface area (Å²) < 4.78 is 0. The van der Waals surface area contributed by atoms with Gasteiger partial charge in [-0.1, -0.05) is 60.7 Å². The zero-order valence-electron chi connectivity index (χ0n) is 12.3. The monoisotopic (exact) mass is 282 g/mol. The van der Waals surface area contributed by atoms with Crippen LogP contribution in [-0.2, 0) is 0 Å². The van der Waals surface area contributed by atoms with Crippen molar-refractivity contribution in [2.24, 2.45) is 0 Å². The van der Waals surface area contributed by atoms with Gasteiger partial charge in [0.1, 0.15) is 0 Å². The number of hydrogen-bond donors (Lipinski definition) is 1. The van der Waals surface area contributed by atoms with E-state index < -0.39 is 0 Å². The molecule has 3 aromatic carbocycles. The van der Waals surface area contributed by atoms with E-state index in [4.69, 9.17) is 0 Å². The van der Waals surface area contributed by atoms with E-state index in [-0.39, 0.29) is 8.41 Å². The Morgan fingerprint density at radius 3 is 1.23 bits per heavy atom. The largest absolute Gasteiger partial charge is 0.368 e. The molecule has 1 heterocycles. The smallest absolute Gasteiger partial charge is 0.000442 e. The van der Waals surface area contributed by atoms with E-state index in [1.165, 1.54) is 21.5 Å². The van der Waals surface area contributed by atoms with Crippen LogP contribution in [0.4, 0.5) is 0 Å². The minimum Gasteiger partial charge on any atom is -0.368 e. The fourth-order valence-corrected chi connectivity index (χ4v) is 2.29. The lowest BCUT2D eigenvalue weighted by atomic mass is 10.0. The molecule has 0 aromatic heterocycles. The molecule has 0 bridgehead atoms. The Labute approximate surface area is 133 Å². The summed E-state index contributed by atoms with van der Waals surface area (Å²) in [5.41, 5.74) is 0. The average molecular weight is 282 g/mol. The summed E-state index contributed by atoms with van der Waals surface area (Å²) in [6, 6.07) is 21.4. The molecule has 3 aromatic rings. The maximum Gasteiger partial charge on any atom is 0.000442 e. The molecule has 0 spiro atoms. The van der Waals surface area contributed by atoms with Crippen molar-refractivity contribution in [1.82, 2.24) is 5.32 Å². The first-order valence-electron chi connectivity index (χ1n) is 7.05. The first kappa shape index (κ1) is 15.6. The molecule has 4 rings (SSSR count). The quantitative estimate of drug-likeness (QED) is 0.462. The Kier molecular flexibility index (Phi) is 5.61. The van der Waals surface area contributed by atoms with Gasteiger partial charge in [0.25, 0.3) is 0 Å². The summed E-state index contributed by atoms with van der Waals surface area (Å²) in [4.78, 5) is 0. The lowest BCUT2D eigenvalue weighted by Gasteiger charge is -2.00. The predicted molar refractivity (Wildman–Crippen MR) is 97.8 cm³/mol. The van der Waals surface area contributed by atoms with Gasteiger partial charge in [0.05, 0.1) is 0 Å². The van der Waals surface area contributed by atoms with Crippen molar-refractivity contribution in [2.45, 2.75) is 0 Å². The van der Waals surface area contributed by atoms with Crippen LogP contribution in [0, 0.1) is 0 Å². The Bertz CT molecular complexity index is 712. The molecule has 2 heteroatoms. The van der Waals surface area contributed by atoms with Gasteiger partial charge in [0.15, 0.2) is 0 Å². The second kappa shape index (κ2) is 7.89. The van der Waals surface area contributed by atoms with Crippen LogP contribution in [-0.4, -0.2) is 8.41 Å². The zero-order valence-corrected chi connectivity index (χ0v) is 12.3. The maximum atomic E-state index is 2.92. The molecule has 0 amide bonds. The molecule has 1 N–H and O–H groups in total. The molecular formula is C20H17BN. The van der Waals surface area contributed by atoms with Crippen molar-refractivity contribution in [3.8, 4) is 0 Å². The highest BCUT2D eigenvalue weighted by molar-refractivity contribution is 5.98. The van der Waals surface area contributed by atoms with Gasteiger partial charge in [-0.3, -0.25) is 0 Å². The Morgan fingerprint density at radius 2 is 0.864 bits per heavy atom. The SMILES string of the molecule is C1=CC=CNC=C1.[B].c1ccc2cc3ccccc3cc2c1. The third-order valence-electron chi connectivity index (χ3n) is 3.33. The number of nitrogens with one attached hydrogen (secondary N) is 1.